The predicted octanol–water partition coefficient (Wildman–Crippen LogP) is 1.93. The molecule has 3 aromatic rings. The molecule has 0 radical (unpaired) electrons. The molecular formula is C20H29N7O4PdS. The van der Waals surface area contributed by atoms with Crippen LogP contribution in [0, 0.1) is 5.92 Å². The molecule has 1 aliphatic rings. The van der Waals surface area contributed by atoms with Gasteiger partial charge in [0.2, 0.25) is 16.0 Å². The summed E-state index contributed by atoms with van der Waals surface area (Å²) in [6.45, 7) is 7.31. The van der Waals surface area contributed by atoms with Crippen LogP contribution in [-0.2, 0) is 35.2 Å². The molecule has 0 bridgehead atoms. The van der Waals surface area contributed by atoms with Crippen LogP contribution in [0.3, 0.4) is 0 Å². The number of pyridine rings is 1. The average Bonchev–Trinajstić information content (AvgIpc) is 3.37. The molecule has 3 aromatic heterocycles. The molecule has 1 fully saturated rings. The number of piperidine rings is 1. The maximum absolute atomic E-state index is 11.8. The van der Waals surface area contributed by atoms with Crippen LogP contribution in [0.2, 0.25) is 0 Å². The first-order valence-electron chi connectivity index (χ1n) is 10.6. The van der Waals surface area contributed by atoms with Crippen LogP contribution >= 0.6 is 0 Å². The van der Waals surface area contributed by atoms with Gasteiger partial charge in [0.25, 0.3) is 0 Å². The Morgan fingerprint density at radius 1 is 1.39 bits per heavy atom. The quantitative estimate of drug-likeness (QED) is 0.413. The van der Waals surface area contributed by atoms with Crippen molar-refractivity contribution in [3.8, 4) is 16.9 Å². The summed E-state index contributed by atoms with van der Waals surface area (Å²) in [5.74, 6) is 0.492. The van der Waals surface area contributed by atoms with Gasteiger partial charge in [0.1, 0.15) is 6.23 Å². The van der Waals surface area contributed by atoms with Crippen LogP contribution in [0.5, 0.6) is 5.75 Å². The van der Waals surface area contributed by atoms with Crippen molar-refractivity contribution in [1.82, 2.24) is 28.7 Å². The number of aromatic hydroxyl groups is 1. The second-order valence-corrected chi connectivity index (χ2v) is 10.2. The second-order valence-electron chi connectivity index (χ2n) is 8.18. The summed E-state index contributed by atoms with van der Waals surface area (Å²) in [5.41, 5.74) is 1.67. The Labute approximate surface area is 206 Å². The van der Waals surface area contributed by atoms with E-state index >= 15 is 0 Å². The fraction of sp³-hybridized carbons (Fsp3) is 0.550. The molecule has 0 saturated carbocycles. The van der Waals surface area contributed by atoms with Crippen molar-refractivity contribution >= 4 is 21.6 Å². The molecule has 1 saturated heterocycles. The maximum atomic E-state index is 11.8. The Balaban J connectivity index is 0.00000306. The molecule has 33 heavy (non-hydrogen) atoms. The van der Waals surface area contributed by atoms with Gasteiger partial charge in [-0.2, -0.15) is 10.1 Å². The molecule has 11 nitrogen and oxygen atoms in total. The minimum atomic E-state index is -3.20. The van der Waals surface area contributed by atoms with E-state index in [1.54, 1.807) is 23.1 Å². The summed E-state index contributed by atoms with van der Waals surface area (Å²) in [6.07, 6.45) is 6.91. The van der Waals surface area contributed by atoms with Gasteiger partial charge in [-0.3, -0.25) is 0 Å². The number of hydrogen-bond acceptors (Lipinski definition) is 8. The molecule has 4 heterocycles. The van der Waals surface area contributed by atoms with Crippen molar-refractivity contribution in [3.05, 3.63) is 24.7 Å². The largest absolute Gasteiger partial charge is 0.504 e. The van der Waals surface area contributed by atoms with E-state index in [9.17, 15) is 13.5 Å². The number of anilines is 1. The Hall–Kier alpha value is -2.04. The zero-order valence-electron chi connectivity index (χ0n) is 18.9. The molecule has 4 rings (SSSR count). The van der Waals surface area contributed by atoms with Crippen molar-refractivity contribution in [2.24, 2.45) is 5.92 Å². The molecule has 3 atom stereocenters. The van der Waals surface area contributed by atoms with Crippen LogP contribution in [0.4, 0.5) is 5.95 Å². The van der Waals surface area contributed by atoms with E-state index in [1.807, 2.05) is 27.0 Å². The molecule has 0 aliphatic carbocycles. The van der Waals surface area contributed by atoms with Crippen molar-refractivity contribution in [1.29, 1.82) is 0 Å². The number of fused-ring (bicyclic) bond motifs is 1. The Kier molecular flexibility index (Phi) is 7.81. The van der Waals surface area contributed by atoms with Gasteiger partial charge in [0, 0.05) is 69.7 Å². The molecule has 13 heteroatoms. The van der Waals surface area contributed by atoms with Crippen molar-refractivity contribution < 1.29 is 38.7 Å². The van der Waals surface area contributed by atoms with Gasteiger partial charge in [0.05, 0.1) is 12.5 Å². The summed E-state index contributed by atoms with van der Waals surface area (Å²) in [5, 5.41) is 22.9. The maximum Gasteiger partial charge on any atom is 0.243 e. The zero-order valence-corrected chi connectivity index (χ0v) is 21.3. The third-order valence-electron chi connectivity index (χ3n) is 5.83. The van der Waals surface area contributed by atoms with Crippen molar-refractivity contribution in [2.75, 3.05) is 31.3 Å². The Morgan fingerprint density at radius 3 is 2.82 bits per heavy atom. The summed E-state index contributed by atoms with van der Waals surface area (Å²) >= 11 is 0. The number of aromatic nitrogens is 5. The fourth-order valence-corrected chi connectivity index (χ4v) is 4.95. The van der Waals surface area contributed by atoms with E-state index in [0.29, 0.717) is 43.3 Å². The third-order valence-corrected chi connectivity index (χ3v) is 7.09. The molecule has 0 amide bonds. The monoisotopic (exact) mass is 569 g/mol. The smallest absolute Gasteiger partial charge is 0.243 e. The van der Waals surface area contributed by atoms with E-state index in [0.717, 1.165) is 5.56 Å². The number of ether oxygens (including phenoxy) is 1. The van der Waals surface area contributed by atoms with Crippen molar-refractivity contribution in [2.45, 2.75) is 39.5 Å². The molecule has 1 aliphatic heterocycles. The number of nitrogens with one attached hydrogen (secondary N) is 1. The van der Waals surface area contributed by atoms with Gasteiger partial charge in [-0.05, 0) is 32.3 Å². The zero-order chi connectivity index (χ0) is 23.0. The third kappa shape index (κ3) is 5.38. The van der Waals surface area contributed by atoms with E-state index in [-0.39, 0.29) is 44.4 Å². The van der Waals surface area contributed by atoms with E-state index in [4.69, 9.17) is 4.74 Å². The van der Waals surface area contributed by atoms with Gasteiger partial charge < -0.3 is 15.2 Å². The van der Waals surface area contributed by atoms with Crippen LogP contribution < -0.4 is 5.32 Å². The molecule has 184 valence electrons. The van der Waals surface area contributed by atoms with Crippen molar-refractivity contribution in [3.63, 3.8) is 0 Å². The normalized spacial score (nSPS) is 20.5. The number of sulfonamides is 1. The van der Waals surface area contributed by atoms with Gasteiger partial charge in [0.15, 0.2) is 11.4 Å². The first-order valence-corrected chi connectivity index (χ1v) is 12.5. The van der Waals surface area contributed by atoms with E-state index < -0.39 is 10.0 Å². The second kappa shape index (κ2) is 10.1. The Bertz CT molecular complexity index is 1210. The van der Waals surface area contributed by atoms with Crippen LogP contribution in [0.15, 0.2) is 24.7 Å². The standard InChI is InChI=1S/C20H29N7O4S.Pd/c1-5-31-14(3)27-12-15(10-21-27)16-6-9-26-19(18(16)28)23-20(24-26)22-17-7-8-25(11-13(17)2)32(4,29)30;/h6,9-10,12-14,17,28H,5,7-8,11H2,1-4H3,(H,22,24);/t13-,14?,17+;/m1./s1. The molecule has 0 aromatic carbocycles. The van der Waals surface area contributed by atoms with Crippen LogP contribution in [0.1, 0.15) is 33.4 Å². The van der Waals surface area contributed by atoms with Gasteiger partial charge >= 0.3 is 0 Å². The Morgan fingerprint density at radius 2 is 2.15 bits per heavy atom. The number of hydrogen-bond donors (Lipinski definition) is 2. The minimum Gasteiger partial charge on any atom is -0.504 e. The minimum absolute atomic E-state index is 0. The molecule has 2 N–H and O–H groups in total. The predicted molar refractivity (Wildman–Crippen MR) is 120 cm³/mol. The van der Waals surface area contributed by atoms with Crippen LogP contribution in [-0.4, -0.2) is 74.2 Å². The summed E-state index contributed by atoms with van der Waals surface area (Å²) in [4.78, 5) is 4.47. The molecule has 1 unspecified atom stereocenters. The summed E-state index contributed by atoms with van der Waals surface area (Å²) < 4.78 is 33.9. The molecular weight excluding hydrogens is 541 g/mol. The van der Waals surface area contributed by atoms with Crippen LogP contribution in [0.25, 0.3) is 16.8 Å². The number of rotatable bonds is 7. The SMILES string of the molecule is CCOC(C)n1cc(-c2ccn3nc(N[C@H]4CCN(S(C)(=O)=O)C[C@H]4C)nc3c2O)cn1.[Pd]. The van der Waals surface area contributed by atoms with E-state index in [2.05, 4.69) is 20.5 Å². The van der Waals surface area contributed by atoms with Gasteiger partial charge in [-0.1, -0.05) is 6.92 Å². The summed E-state index contributed by atoms with van der Waals surface area (Å²) in [6, 6.07) is 1.80. The average molecular weight is 570 g/mol. The van der Waals surface area contributed by atoms with Gasteiger partial charge in [-0.15, -0.1) is 5.10 Å². The summed E-state index contributed by atoms with van der Waals surface area (Å²) in [7, 11) is -3.20. The first kappa shape index (κ1) is 25.6. The number of nitrogens with zero attached hydrogens (tertiary/aromatic N) is 6. The first-order chi connectivity index (χ1) is 15.2. The van der Waals surface area contributed by atoms with Gasteiger partial charge in [-0.25, -0.2) is 21.9 Å². The topological polar surface area (TPSA) is 127 Å². The van der Waals surface area contributed by atoms with E-state index in [1.165, 1.54) is 15.1 Å². The fourth-order valence-electron chi connectivity index (χ4n) is 4.01. The molecule has 0 spiro atoms.